The Balaban J connectivity index is 2.30. The Morgan fingerprint density at radius 3 is 3.00 bits per heavy atom. The lowest BCUT2D eigenvalue weighted by molar-refractivity contribution is 0.592. The minimum atomic E-state index is 0.692. The van der Waals surface area contributed by atoms with Gasteiger partial charge in [0.15, 0.2) is 0 Å². The monoisotopic (exact) mass is 207 g/mol. The van der Waals surface area contributed by atoms with Crippen LogP contribution in [0.2, 0.25) is 5.02 Å². The number of halogens is 1. The molecular formula is C12H14ClN. The van der Waals surface area contributed by atoms with Gasteiger partial charge in [0, 0.05) is 12.4 Å². The van der Waals surface area contributed by atoms with E-state index < -0.39 is 0 Å². The second-order valence-electron chi connectivity index (χ2n) is 3.95. The summed E-state index contributed by atoms with van der Waals surface area (Å²) >= 11 is 5.91. The smallest absolute Gasteiger partial charge is 0.0595 e. The highest BCUT2D eigenvalue weighted by atomic mass is 35.5. The highest BCUT2D eigenvalue weighted by Gasteiger charge is 2.11. The maximum Gasteiger partial charge on any atom is 0.0595 e. The van der Waals surface area contributed by atoms with Crippen LogP contribution in [0.1, 0.15) is 31.7 Å². The summed E-state index contributed by atoms with van der Waals surface area (Å²) in [4.78, 5) is 4.11. The van der Waals surface area contributed by atoms with Crippen molar-refractivity contribution < 1.29 is 0 Å². The summed E-state index contributed by atoms with van der Waals surface area (Å²) in [5.74, 6) is 0.692. The molecule has 2 rings (SSSR count). The van der Waals surface area contributed by atoms with E-state index in [0.29, 0.717) is 5.92 Å². The van der Waals surface area contributed by atoms with Gasteiger partial charge >= 0.3 is 0 Å². The summed E-state index contributed by atoms with van der Waals surface area (Å²) in [6, 6.07) is 2.00. The summed E-state index contributed by atoms with van der Waals surface area (Å²) < 4.78 is 0. The van der Waals surface area contributed by atoms with Gasteiger partial charge in [-0.25, -0.2) is 0 Å². The molecule has 1 heterocycles. The standard InChI is InChI=1S/C12H14ClN/c1-9-3-2-4-10(5-9)11-6-12(13)8-14-7-11/h5-9H,2-4H2,1H3. The maximum absolute atomic E-state index is 5.91. The van der Waals surface area contributed by atoms with Gasteiger partial charge in [0.2, 0.25) is 0 Å². The first-order chi connectivity index (χ1) is 6.75. The fourth-order valence-corrected chi connectivity index (χ4v) is 2.13. The lowest BCUT2D eigenvalue weighted by atomic mass is 9.89. The van der Waals surface area contributed by atoms with Gasteiger partial charge in [-0.15, -0.1) is 0 Å². The number of hydrogen-bond donors (Lipinski definition) is 0. The third kappa shape index (κ3) is 2.16. The van der Waals surface area contributed by atoms with E-state index >= 15 is 0 Å². The summed E-state index contributed by atoms with van der Waals surface area (Å²) in [5.41, 5.74) is 2.59. The van der Waals surface area contributed by atoms with Crippen molar-refractivity contribution in [3.8, 4) is 0 Å². The SMILES string of the molecule is CC1C=C(c2cncc(Cl)c2)CCC1. The van der Waals surface area contributed by atoms with Gasteiger partial charge in [0.25, 0.3) is 0 Å². The quantitative estimate of drug-likeness (QED) is 0.680. The molecule has 0 N–H and O–H groups in total. The van der Waals surface area contributed by atoms with Crippen molar-refractivity contribution in [3.63, 3.8) is 0 Å². The van der Waals surface area contributed by atoms with E-state index in [1.165, 1.54) is 24.0 Å². The number of aromatic nitrogens is 1. The molecular weight excluding hydrogens is 194 g/mol. The Morgan fingerprint density at radius 1 is 1.43 bits per heavy atom. The van der Waals surface area contributed by atoms with E-state index in [0.717, 1.165) is 11.4 Å². The highest BCUT2D eigenvalue weighted by Crippen LogP contribution is 2.30. The number of hydrogen-bond acceptors (Lipinski definition) is 1. The Labute approximate surface area is 89.8 Å². The average molecular weight is 208 g/mol. The topological polar surface area (TPSA) is 12.9 Å². The fourth-order valence-electron chi connectivity index (χ4n) is 1.95. The Kier molecular flexibility index (Phi) is 2.87. The molecule has 1 aliphatic carbocycles. The predicted octanol–water partition coefficient (Wildman–Crippen LogP) is 3.94. The lowest BCUT2D eigenvalue weighted by Crippen LogP contribution is -2.00. The number of allylic oxidation sites excluding steroid dienone is 2. The molecule has 0 saturated carbocycles. The van der Waals surface area contributed by atoms with E-state index in [1.807, 2.05) is 12.3 Å². The van der Waals surface area contributed by atoms with E-state index in [1.54, 1.807) is 6.20 Å². The van der Waals surface area contributed by atoms with Crippen LogP contribution in [-0.4, -0.2) is 4.98 Å². The molecule has 0 aromatic carbocycles. The maximum atomic E-state index is 5.91. The second kappa shape index (κ2) is 4.14. The normalized spacial score (nSPS) is 21.9. The van der Waals surface area contributed by atoms with Crippen LogP contribution in [-0.2, 0) is 0 Å². The molecule has 0 bridgehead atoms. The summed E-state index contributed by atoms with van der Waals surface area (Å²) in [6.07, 6.45) is 9.66. The molecule has 74 valence electrons. The highest BCUT2D eigenvalue weighted by molar-refractivity contribution is 6.30. The summed E-state index contributed by atoms with van der Waals surface area (Å²) in [5, 5.41) is 0.724. The molecule has 14 heavy (non-hydrogen) atoms. The Morgan fingerprint density at radius 2 is 2.29 bits per heavy atom. The molecule has 1 aromatic heterocycles. The van der Waals surface area contributed by atoms with Gasteiger partial charge in [-0.05, 0) is 42.4 Å². The molecule has 0 amide bonds. The second-order valence-corrected chi connectivity index (χ2v) is 4.39. The van der Waals surface area contributed by atoms with Gasteiger partial charge in [0.05, 0.1) is 5.02 Å². The van der Waals surface area contributed by atoms with Crippen molar-refractivity contribution in [2.24, 2.45) is 5.92 Å². The Hall–Kier alpha value is -0.820. The zero-order valence-electron chi connectivity index (χ0n) is 8.33. The summed E-state index contributed by atoms with van der Waals surface area (Å²) in [6.45, 7) is 2.26. The largest absolute Gasteiger partial charge is 0.263 e. The number of rotatable bonds is 1. The average Bonchev–Trinajstić information content (AvgIpc) is 2.18. The molecule has 0 spiro atoms. The van der Waals surface area contributed by atoms with Crippen molar-refractivity contribution in [1.29, 1.82) is 0 Å². The fraction of sp³-hybridized carbons (Fsp3) is 0.417. The van der Waals surface area contributed by atoms with Crippen LogP contribution >= 0.6 is 11.6 Å². The number of nitrogens with zero attached hydrogens (tertiary/aromatic N) is 1. The van der Waals surface area contributed by atoms with Crippen molar-refractivity contribution in [2.45, 2.75) is 26.2 Å². The van der Waals surface area contributed by atoms with Crippen LogP contribution in [0.4, 0.5) is 0 Å². The van der Waals surface area contributed by atoms with Gasteiger partial charge in [-0.3, -0.25) is 4.98 Å². The van der Waals surface area contributed by atoms with Gasteiger partial charge < -0.3 is 0 Å². The van der Waals surface area contributed by atoms with Gasteiger partial charge in [-0.1, -0.05) is 24.6 Å². The molecule has 1 aliphatic rings. The van der Waals surface area contributed by atoms with E-state index in [2.05, 4.69) is 18.0 Å². The van der Waals surface area contributed by atoms with Crippen molar-refractivity contribution in [1.82, 2.24) is 4.98 Å². The Bertz CT molecular complexity index is 357. The van der Waals surface area contributed by atoms with Gasteiger partial charge in [-0.2, -0.15) is 0 Å². The minimum Gasteiger partial charge on any atom is -0.263 e. The van der Waals surface area contributed by atoms with Crippen LogP contribution < -0.4 is 0 Å². The first-order valence-corrected chi connectivity index (χ1v) is 5.45. The van der Waals surface area contributed by atoms with Crippen LogP contribution in [0.25, 0.3) is 5.57 Å². The molecule has 0 saturated heterocycles. The molecule has 1 aromatic rings. The third-order valence-corrected chi connectivity index (χ3v) is 2.87. The predicted molar refractivity (Wildman–Crippen MR) is 60.2 cm³/mol. The van der Waals surface area contributed by atoms with Crippen LogP contribution in [0, 0.1) is 5.92 Å². The van der Waals surface area contributed by atoms with Crippen LogP contribution in [0.15, 0.2) is 24.5 Å². The molecule has 2 heteroatoms. The lowest BCUT2D eigenvalue weighted by Gasteiger charge is -2.17. The molecule has 1 nitrogen and oxygen atoms in total. The van der Waals surface area contributed by atoms with E-state index in [4.69, 9.17) is 11.6 Å². The van der Waals surface area contributed by atoms with Crippen molar-refractivity contribution in [2.75, 3.05) is 0 Å². The van der Waals surface area contributed by atoms with Crippen LogP contribution in [0.3, 0.4) is 0 Å². The third-order valence-electron chi connectivity index (χ3n) is 2.67. The van der Waals surface area contributed by atoms with Crippen molar-refractivity contribution in [3.05, 3.63) is 35.1 Å². The first kappa shape index (κ1) is 9.72. The first-order valence-electron chi connectivity index (χ1n) is 5.07. The van der Waals surface area contributed by atoms with E-state index in [9.17, 15) is 0 Å². The molecule has 1 unspecified atom stereocenters. The van der Waals surface area contributed by atoms with E-state index in [-0.39, 0.29) is 0 Å². The molecule has 0 fully saturated rings. The molecule has 0 aliphatic heterocycles. The minimum absolute atomic E-state index is 0.692. The molecule has 0 radical (unpaired) electrons. The number of pyridine rings is 1. The van der Waals surface area contributed by atoms with Gasteiger partial charge in [0.1, 0.15) is 0 Å². The van der Waals surface area contributed by atoms with Crippen LogP contribution in [0.5, 0.6) is 0 Å². The zero-order valence-corrected chi connectivity index (χ0v) is 9.09. The summed E-state index contributed by atoms with van der Waals surface area (Å²) in [7, 11) is 0. The van der Waals surface area contributed by atoms with Crippen molar-refractivity contribution >= 4 is 17.2 Å². The molecule has 1 atom stereocenters. The zero-order chi connectivity index (χ0) is 9.97.